The summed E-state index contributed by atoms with van der Waals surface area (Å²) in [5, 5.41) is 0. The first-order valence-electron chi connectivity index (χ1n) is 5.48. The number of thiophene rings is 1. The molecule has 0 fully saturated rings. The van der Waals surface area contributed by atoms with Crippen LogP contribution in [0.15, 0.2) is 32.3 Å². The molecule has 0 amide bonds. The van der Waals surface area contributed by atoms with Gasteiger partial charge < -0.3 is 0 Å². The number of hydrogen-bond donors (Lipinski definition) is 1. The van der Waals surface area contributed by atoms with Crippen LogP contribution in [0.25, 0.3) is 0 Å². The number of sulfonamides is 1. The highest BCUT2D eigenvalue weighted by Crippen LogP contribution is 2.26. The summed E-state index contributed by atoms with van der Waals surface area (Å²) in [6.45, 7) is 0.530. The van der Waals surface area contributed by atoms with E-state index in [2.05, 4.69) is 32.8 Å². The van der Waals surface area contributed by atoms with Gasteiger partial charge in [-0.15, -0.1) is 11.3 Å². The molecule has 0 bridgehead atoms. The maximum Gasteiger partial charge on any atom is 0.250 e. The second kappa shape index (κ2) is 5.65. The first-order valence-corrected chi connectivity index (χ1v) is 8.57. The lowest BCUT2D eigenvalue weighted by Gasteiger charge is -2.17. The Morgan fingerprint density at radius 3 is 2.82 bits per heavy atom. The molecule has 3 nitrogen and oxygen atoms in total. The Bertz CT molecular complexity index is 507. The zero-order valence-corrected chi connectivity index (χ0v) is 12.4. The Hall–Kier alpha value is -0.170. The maximum absolute atomic E-state index is 11.9. The number of allylic oxidation sites excluding steroid dienone is 2. The van der Waals surface area contributed by atoms with Crippen LogP contribution in [0.1, 0.15) is 19.3 Å². The van der Waals surface area contributed by atoms with E-state index < -0.39 is 10.0 Å². The molecule has 1 aromatic heterocycles. The monoisotopic (exact) mass is 335 g/mol. The summed E-state index contributed by atoms with van der Waals surface area (Å²) in [6.07, 6.45) is 7.37. The van der Waals surface area contributed by atoms with E-state index in [-0.39, 0.29) is 0 Å². The van der Waals surface area contributed by atoms with Crippen molar-refractivity contribution < 1.29 is 8.42 Å². The summed E-state index contributed by atoms with van der Waals surface area (Å²) < 4.78 is 27.8. The predicted molar refractivity (Wildman–Crippen MR) is 73.7 cm³/mol. The Kier molecular flexibility index (Phi) is 4.41. The van der Waals surface area contributed by atoms with Crippen LogP contribution in [-0.2, 0) is 10.0 Å². The van der Waals surface area contributed by atoms with Gasteiger partial charge >= 0.3 is 0 Å². The van der Waals surface area contributed by atoms with Gasteiger partial charge in [-0.2, -0.15) is 0 Å². The lowest BCUT2D eigenvalue weighted by atomic mass is 9.95. The fraction of sp³-hybridized carbons (Fsp3) is 0.455. The molecule has 1 N–H and O–H groups in total. The van der Waals surface area contributed by atoms with Crippen LogP contribution in [0.2, 0.25) is 0 Å². The summed E-state index contributed by atoms with van der Waals surface area (Å²) in [5.74, 6) is 0.429. The van der Waals surface area contributed by atoms with E-state index in [1.807, 2.05) is 0 Å². The molecule has 2 rings (SSSR count). The van der Waals surface area contributed by atoms with Crippen LogP contribution in [-0.4, -0.2) is 15.0 Å². The number of rotatable bonds is 4. The number of halogens is 1. The molecule has 94 valence electrons. The molecule has 1 heterocycles. The topological polar surface area (TPSA) is 46.2 Å². The van der Waals surface area contributed by atoms with Crippen molar-refractivity contribution in [1.29, 1.82) is 0 Å². The average Bonchev–Trinajstić information content (AvgIpc) is 2.76. The lowest BCUT2D eigenvalue weighted by molar-refractivity contribution is 0.468. The van der Waals surface area contributed by atoms with Gasteiger partial charge in [-0.05, 0) is 53.2 Å². The highest BCUT2D eigenvalue weighted by atomic mass is 79.9. The van der Waals surface area contributed by atoms with Gasteiger partial charge in [0.15, 0.2) is 0 Å². The predicted octanol–water partition coefficient (Wildman–Crippen LogP) is 3.15. The summed E-state index contributed by atoms with van der Waals surface area (Å²) in [7, 11) is -3.32. The summed E-state index contributed by atoms with van der Waals surface area (Å²) in [4.78, 5) is 0. The van der Waals surface area contributed by atoms with Crippen molar-refractivity contribution in [2.45, 2.75) is 23.5 Å². The highest BCUT2D eigenvalue weighted by molar-refractivity contribution is 9.11. The largest absolute Gasteiger partial charge is 0.250 e. The van der Waals surface area contributed by atoms with Gasteiger partial charge in [0.1, 0.15) is 4.21 Å². The summed E-state index contributed by atoms with van der Waals surface area (Å²) >= 11 is 4.50. The fourth-order valence-electron chi connectivity index (χ4n) is 1.78. The van der Waals surface area contributed by atoms with Gasteiger partial charge in [-0.1, -0.05) is 12.2 Å². The Labute approximate surface area is 114 Å². The first kappa shape index (κ1) is 13.3. The third kappa shape index (κ3) is 3.64. The highest BCUT2D eigenvalue weighted by Gasteiger charge is 2.18. The molecule has 0 saturated heterocycles. The smallest absolute Gasteiger partial charge is 0.210 e. The van der Waals surface area contributed by atoms with Crippen LogP contribution >= 0.6 is 27.3 Å². The molecule has 1 atom stereocenters. The molecule has 17 heavy (non-hydrogen) atoms. The molecular formula is C11H14BrNO2S2. The van der Waals surface area contributed by atoms with E-state index in [0.29, 0.717) is 16.7 Å². The Morgan fingerprint density at radius 1 is 1.41 bits per heavy atom. The molecule has 1 aromatic rings. The van der Waals surface area contributed by atoms with Gasteiger partial charge in [0, 0.05) is 6.54 Å². The fourth-order valence-corrected chi connectivity index (χ4v) is 4.95. The zero-order chi connectivity index (χ0) is 12.3. The minimum atomic E-state index is -3.32. The van der Waals surface area contributed by atoms with E-state index in [9.17, 15) is 8.42 Å². The van der Waals surface area contributed by atoms with Crippen LogP contribution in [0, 0.1) is 5.92 Å². The van der Waals surface area contributed by atoms with Gasteiger partial charge in [0.25, 0.3) is 0 Å². The Balaban J connectivity index is 1.96. The van der Waals surface area contributed by atoms with E-state index in [1.54, 1.807) is 12.1 Å². The molecule has 0 aliphatic heterocycles. The molecular weight excluding hydrogens is 322 g/mol. The van der Waals surface area contributed by atoms with Gasteiger partial charge in [-0.3, -0.25) is 0 Å². The van der Waals surface area contributed by atoms with Crippen LogP contribution in [0.4, 0.5) is 0 Å². The molecule has 0 aromatic carbocycles. The molecule has 6 heteroatoms. The van der Waals surface area contributed by atoms with Crippen molar-refractivity contribution >= 4 is 37.3 Å². The van der Waals surface area contributed by atoms with Crippen molar-refractivity contribution in [3.05, 3.63) is 28.1 Å². The third-order valence-electron chi connectivity index (χ3n) is 2.75. The normalized spacial score (nSPS) is 20.6. The lowest BCUT2D eigenvalue weighted by Crippen LogP contribution is -2.29. The summed E-state index contributed by atoms with van der Waals surface area (Å²) in [6, 6.07) is 3.38. The first-order chi connectivity index (χ1) is 8.08. The van der Waals surface area contributed by atoms with Crippen molar-refractivity contribution in [3.63, 3.8) is 0 Å². The zero-order valence-electron chi connectivity index (χ0n) is 9.23. The Morgan fingerprint density at radius 2 is 2.24 bits per heavy atom. The minimum absolute atomic E-state index is 0.371. The van der Waals surface area contributed by atoms with Crippen molar-refractivity contribution in [2.75, 3.05) is 6.54 Å². The molecule has 0 saturated carbocycles. The standard InChI is InChI=1S/C11H14BrNO2S2/c12-10-6-7-11(16-10)17(14,15)13-8-9-4-2-1-3-5-9/h1-2,6-7,9,13H,3-5,8H2. The van der Waals surface area contributed by atoms with E-state index in [1.165, 1.54) is 11.3 Å². The minimum Gasteiger partial charge on any atom is -0.210 e. The van der Waals surface area contributed by atoms with Crippen LogP contribution < -0.4 is 4.72 Å². The average molecular weight is 336 g/mol. The second-order valence-electron chi connectivity index (χ2n) is 4.06. The number of hydrogen-bond acceptors (Lipinski definition) is 3. The molecule has 0 radical (unpaired) electrons. The van der Waals surface area contributed by atoms with Gasteiger partial charge in [0.05, 0.1) is 3.79 Å². The van der Waals surface area contributed by atoms with Crippen LogP contribution in [0.3, 0.4) is 0 Å². The van der Waals surface area contributed by atoms with Crippen molar-refractivity contribution in [1.82, 2.24) is 4.72 Å². The second-order valence-corrected chi connectivity index (χ2v) is 8.52. The van der Waals surface area contributed by atoms with E-state index in [4.69, 9.17) is 0 Å². The van der Waals surface area contributed by atoms with Gasteiger partial charge in [0.2, 0.25) is 10.0 Å². The third-order valence-corrected chi connectivity index (χ3v) is 6.29. The molecule has 1 unspecified atom stereocenters. The molecule has 1 aliphatic carbocycles. The van der Waals surface area contributed by atoms with E-state index in [0.717, 1.165) is 23.0 Å². The number of nitrogens with one attached hydrogen (secondary N) is 1. The summed E-state index contributed by atoms with van der Waals surface area (Å²) in [5.41, 5.74) is 0. The molecule has 1 aliphatic rings. The van der Waals surface area contributed by atoms with E-state index >= 15 is 0 Å². The van der Waals surface area contributed by atoms with Gasteiger partial charge in [-0.25, -0.2) is 13.1 Å². The quantitative estimate of drug-likeness (QED) is 0.859. The van der Waals surface area contributed by atoms with Crippen LogP contribution in [0.5, 0.6) is 0 Å². The molecule has 0 spiro atoms. The SMILES string of the molecule is O=S(=O)(NCC1CC=CCC1)c1ccc(Br)s1. The van der Waals surface area contributed by atoms with Crippen molar-refractivity contribution in [3.8, 4) is 0 Å². The van der Waals surface area contributed by atoms with Crippen molar-refractivity contribution in [2.24, 2.45) is 5.92 Å². The maximum atomic E-state index is 11.9.